The predicted molar refractivity (Wildman–Crippen MR) is 147 cm³/mol. The van der Waals surface area contributed by atoms with Crippen LogP contribution in [0.4, 0.5) is 11.4 Å². The molecule has 0 aliphatic heterocycles. The SMILES string of the molecule is Cc1ccc(Cl)cc1N(OC(=O)C(O)C(O)C(=O)ON(C(=N)NC(=N)N)c1cc(Cl)ccc1C)C(=N)NC(=N)N. The molecule has 16 nitrogen and oxygen atoms in total. The van der Waals surface area contributed by atoms with Gasteiger partial charge in [-0.15, -0.1) is 10.1 Å². The molecule has 2 atom stereocenters. The second-order valence-corrected chi connectivity index (χ2v) is 8.81. The van der Waals surface area contributed by atoms with Gasteiger partial charge in [0, 0.05) is 10.0 Å². The summed E-state index contributed by atoms with van der Waals surface area (Å²) >= 11 is 12.0. The van der Waals surface area contributed by atoms with Crippen LogP contribution in [-0.4, -0.2) is 58.2 Å². The summed E-state index contributed by atoms with van der Waals surface area (Å²) in [6.07, 6.45) is -5.14. The fourth-order valence-electron chi connectivity index (χ4n) is 2.94. The molecule has 0 amide bonds. The molecule has 0 fully saturated rings. The van der Waals surface area contributed by atoms with Crippen LogP contribution in [0.2, 0.25) is 10.0 Å². The monoisotopic (exact) mass is 596 g/mol. The van der Waals surface area contributed by atoms with Crippen LogP contribution in [0.15, 0.2) is 36.4 Å². The van der Waals surface area contributed by atoms with Crippen LogP contribution in [0.1, 0.15) is 11.1 Å². The number of rotatable bonds is 5. The first-order chi connectivity index (χ1) is 18.6. The van der Waals surface area contributed by atoms with Crippen molar-refractivity contribution < 1.29 is 29.5 Å². The van der Waals surface area contributed by atoms with Crippen LogP contribution in [0.3, 0.4) is 0 Å². The minimum absolute atomic E-state index is 0.0234. The number of nitrogens with one attached hydrogen (secondary N) is 6. The van der Waals surface area contributed by atoms with E-state index in [1.165, 1.54) is 36.4 Å². The number of hydroxylamine groups is 2. The number of aliphatic hydroxyl groups excluding tert-OH is 2. The van der Waals surface area contributed by atoms with E-state index in [9.17, 15) is 19.8 Å². The van der Waals surface area contributed by atoms with Crippen molar-refractivity contribution in [2.24, 2.45) is 11.5 Å². The maximum atomic E-state index is 12.7. The smallest absolute Gasteiger partial charge is 0.364 e. The Labute approximate surface area is 237 Å². The van der Waals surface area contributed by atoms with Crippen molar-refractivity contribution in [2.45, 2.75) is 26.1 Å². The Hall–Kier alpha value is -4.64. The lowest BCUT2D eigenvalue weighted by Gasteiger charge is -2.28. The zero-order valence-corrected chi connectivity index (χ0v) is 22.5. The number of guanidine groups is 4. The summed E-state index contributed by atoms with van der Waals surface area (Å²) in [7, 11) is 0. The summed E-state index contributed by atoms with van der Waals surface area (Å²) in [4.78, 5) is 35.6. The summed E-state index contributed by atoms with van der Waals surface area (Å²) < 4.78 is 0. The molecule has 40 heavy (non-hydrogen) atoms. The van der Waals surface area contributed by atoms with Gasteiger partial charge in [-0.3, -0.25) is 32.3 Å². The molecule has 2 rings (SSSR count). The maximum absolute atomic E-state index is 12.7. The Bertz CT molecular complexity index is 1260. The van der Waals surface area contributed by atoms with Crippen molar-refractivity contribution in [1.82, 2.24) is 10.6 Å². The largest absolute Gasteiger partial charge is 0.379 e. The number of carbonyl (C=O) groups is 2. The number of hydrogen-bond acceptors (Lipinski definition) is 10. The molecule has 0 spiro atoms. The summed E-state index contributed by atoms with van der Waals surface area (Å²) in [6, 6.07) is 8.69. The van der Waals surface area contributed by atoms with E-state index < -0.39 is 48.0 Å². The van der Waals surface area contributed by atoms with E-state index in [1.807, 2.05) is 0 Å². The molecule has 0 aliphatic rings. The van der Waals surface area contributed by atoms with Gasteiger partial charge in [0.05, 0.1) is 11.4 Å². The van der Waals surface area contributed by atoms with Gasteiger partial charge < -0.3 is 31.4 Å². The first-order valence-corrected chi connectivity index (χ1v) is 11.7. The van der Waals surface area contributed by atoms with E-state index in [0.29, 0.717) is 21.3 Å². The molecule has 0 heterocycles. The highest BCUT2D eigenvalue weighted by Gasteiger charge is 2.37. The Morgan fingerprint density at radius 3 is 1.40 bits per heavy atom. The van der Waals surface area contributed by atoms with Crippen molar-refractivity contribution >= 4 is 70.4 Å². The Morgan fingerprint density at radius 2 is 1.10 bits per heavy atom. The zero-order chi connectivity index (χ0) is 30.3. The second kappa shape index (κ2) is 13.4. The highest BCUT2D eigenvalue weighted by atomic mass is 35.5. The lowest BCUT2D eigenvalue weighted by atomic mass is 10.2. The molecule has 0 radical (unpaired) electrons. The molecule has 0 aromatic heterocycles. The van der Waals surface area contributed by atoms with Gasteiger partial charge in [0.25, 0.3) is 0 Å². The third kappa shape index (κ3) is 8.18. The van der Waals surface area contributed by atoms with E-state index in [-0.39, 0.29) is 21.4 Å². The first kappa shape index (κ1) is 31.6. The number of nitrogens with two attached hydrogens (primary N) is 2. The number of carbonyl (C=O) groups excluding carboxylic acids is 2. The van der Waals surface area contributed by atoms with Gasteiger partial charge in [-0.2, -0.15) is 0 Å². The van der Waals surface area contributed by atoms with Crippen LogP contribution in [-0.2, 0) is 19.3 Å². The minimum atomic E-state index is -2.57. The quantitative estimate of drug-likeness (QED) is 0.127. The van der Waals surface area contributed by atoms with Crippen LogP contribution in [0, 0.1) is 35.5 Å². The molecule has 18 heteroatoms. The van der Waals surface area contributed by atoms with E-state index in [2.05, 4.69) is 10.6 Å². The van der Waals surface area contributed by atoms with Crippen LogP contribution in [0.25, 0.3) is 0 Å². The van der Waals surface area contributed by atoms with Gasteiger partial charge in [-0.05, 0) is 49.2 Å². The molecule has 0 aliphatic carbocycles. The number of halogens is 2. The summed E-state index contributed by atoms with van der Waals surface area (Å²) in [5.41, 5.74) is 11.4. The van der Waals surface area contributed by atoms with Crippen LogP contribution >= 0.6 is 23.2 Å². The van der Waals surface area contributed by atoms with Crippen molar-refractivity contribution in [3.63, 3.8) is 0 Å². The molecule has 0 saturated carbocycles. The number of aryl methyl sites for hydroxylation is 2. The maximum Gasteiger partial charge on any atom is 0.364 e. The molecule has 214 valence electrons. The summed E-state index contributed by atoms with van der Waals surface area (Å²) in [5, 5.41) is 57.3. The highest BCUT2D eigenvalue weighted by molar-refractivity contribution is 6.31. The van der Waals surface area contributed by atoms with E-state index in [1.54, 1.807) is 13.8 Å². The van der Waals surface area contributed by atoms with Gasteiger partial charge in [-0.1, -0.05) is 35.3 Å². The average molecular weight is 597 g/mol. The number of anilines is 2. The summed E-state index contributed by atoms with van der Waals surface area (Å²) in [6.45, 7) is 3.15. The van der Waals surface area contributed by atoms with Crippen molar-refractivity contribution in [3.8, 4) is 0 Å². The Balaban J connectivity index is 2.31. The highest BCUT2D eigenvalue weighted by Crippen LogP contribution is 2.26. The fraction of sp³-hybridized carbons (Fsp3) is 0.182. The molecule has 2 unspecified atom stereocenters. The number of hydrogen-bond donors (Lipinski definition) is 10. The number of benzene rings is 2. The van der Waals surface area contributed by atoms with Crippen molar-refractivity contribution in [2.75, 3.05) is 10.1 Å². The standard InChI is InChI=1S/C22H26Cl2N10O6/c1-9-3-5-11(23)7-13(9)33(21(29)31-19(25)26)39-17(37)15(35)16(36)18(38)40-34(22(30)32-20(27)28)14-8-12(24)6-4-10(14)2/h3-8,15-16,35-36H,1-2H3,(H5,25,26,29,31)(H5,27,28,30,32). The predicted octanol–water partition coefficient (Wildman–Crippen LogP) is 0.397. The summed E-state index contributed by atoms with van der Waals surface area (Å²) in [5.74, 6) is -6.12. The molecule has 0 bridgehead atoms. The zero-order valence-electron chi connectivity index (χ0n) is 21.0. The molecule has 0 saturated heterocycles. The first-order valence-electron chi connectivity index (χ1n) is 10.9. The Morgan fingerprint density at radius 1 is 0.775 bits per heavy atom. The van der Waals surface area contributed by atoms with Gasteiger partial charge in [0.15, 0.2) is 24.1 Å². The van der Waals surface area contributed by atoms with E-state index >= 15 is 0 Å². The topological polar surface area (TPSA) is 271 Å². The molecule has 2 aromatic carbocycles. The third-order valence-corrected chi connectivity index (χ3v) is 5.31. The van der Waals surface area contributed by atoms with Crippen molar-refractivity contribution in [3.05, 3.63) is 57.6 Å². The van der Waals surface area contributed by atoms with Gasteiger partial charge in [-0.25, -0.2) is 9.59 Å². The minimum Gasteiger partial charge on any atom is -0.379 e. The average Bonchev–Trinajstić information content (AvgIpc) is 2.86. The van der Waals surface area contributed by atoms with Crippen LogP contribution < -0.4 is 32.2 Å². The lowest BCUT2D eigenvalue weighted by Crippen LogP contribution is -2.52. The fourth-order valence-corrected chi connectivity index (χ4v) is 3.27. The normalized spacial score (nSPS) is 11.8. The number of nitrogens with zero attached hydrogens (tertiary/aromatic N) is 2. The van der Waals surface area contributed by atoms with E-state index in [0.717, 1.165) is 0 Å². The molecule has 2 aromatic rings. The molecular weight excluding hydrogens is 571 g/mol. The second-order valence-electron chi connectivity index (χ2n) is 7.94. The third-order valence-electron chi connectivity index (χ3n) is 4.84. The van der Waals surface area contributed by atoms with Crippen LogP contribution in [0.5, 0.6) is 0 Å². The lowest BCUT2D eigenvalue weighted by molar-refractivity contribution is -0.172. The van der Waals surface area contributed by atoms with Gasteiger partial charge in [0.1, 0.15) is 0 Å². The van der Waals surface area contributed by atoms with Gasteiger partial charge in [0.2, 0.25) is 11.9 Å². The Kier molecular flexibility index (Phi) is 10.6. The number of aliphatic hydroxyl groups is 2. The molecular formula is C22H26Cl2N10O6. The van der Waals surface area contributed by atoms with Gasteiger partial charge >= 0.3 is 11.9 Å². The van der Waals surface area contributed by atoms with Crippen molar-refractivity contribution in [1.29, 1.82) is 21.6 Å². The molecule has 12 N–H and O–H groups in total. The van der Waals surface area contributed by atoms with E-state index in [4.69, 9.17) is 66.0 Å².